The normalized spacial score (nSPS) is 12.3. The van der Waals surface area contributed by atoms with Crippen LogP contribution in [0.5, 0.6) is 28.7 Å². The summed E-state index contributed by atoms with van der Waals surface area (Å²) >= 11 is 0. The number of fused-ring (bicyclic) bond motifs is 6. The number of para-hydroxylation sites is 2. The molecule has 2 aromatic heterocycles. The van der Waals surface area contributed by atoms with Crippen LogP contribution in [0.2, 0.25) is 0 Å². The van der Waals surface area contributed by atoms with E-state index in [-0.39, 0.29) is 5.69 Å². The predicted octanol–water partition coefficient (Wildman–Crippen LogP) is 11.1. The fraction of sp³-hybridized carbons (Fsp3) is 0.0192. The Bertz CT molecular complexity index is 3360. The quantitative estimate of drug-likeness (QED) is 0.0390. The third-order valence-electron chi connectivity index (χ3n) is 11.4. The molecule has 0 aliphatic carbocycles. The maximum Gasteiger partial charge on any atom is 0.208 e. The van der Waals surface area contributed by atoms with Crippen LogP contribution in [0.4, 0.5) is 0 Å². The number of nitrogens with zero attached hydrogens (tertiary/aromatic N) is 3. The lowest BCUT2D eigenvalue weighted by Crippen LogP contribution is -2.13. The average molecular weight is 799 g/mol. The Kier molecular flexibility index (Phi) is 8.92. The monoisotopic (exact) mass is 798 g/mol. The summed E-state index contributed by atoms with van der Waals surface area (Å²) in [5, 5.41) is 56.7. The minimum absolute atomic E-state index is 0.252. The van der Waals surface area contributed by atoms with Crippen molar-refractivity contribution in [2.75, 3.05) is 0 Å². The number of amidine groups is 1. The Balaban J connectivity index is 1.05. The Hall–Kier alpha value is -8.43. The van der Waals surface area contributed by atoms with Crippen LogP contribution in [0.1, 0.15) is 16.7 Å². The van der Waals surface area contributed by atoms with Gasteiger partial charge in [-0.05, 0) is 71.1 Å². The highest BCUT2D eigenvalue weighted by Gasteiger charge is 2.27. The van der Waals surface area contributed by atoms with Gasteiger partial charge >= 0.3 is 0 Å². The SMILES string of the molecule is NC(=N/C(=C\Cc1ccc(-n2c3ccccc3c3ccc(-c4ccc5c(c4)c4ccccc4n5-c4c(O)c(O)c(O)c(O)c4O)cc32)cc1)c1ccccc1)c1ccccc1. The van der Waals surface area contributed by atoms with Crippen molar-refractivity contribution in [3.8, 4) is 51.2 Å². The van der Waals surface area contributed by atoms with Crippen LogP contribution in [0.25, 0.3) is 71.8 Å². The van der Waals surface area contributed by atoms with E-state index < -0.39 is 28.7 Å². The largest absolute Gasteiger partial charge is 0.503 e. The third kappa shape index (κ3) is 6.23. The van der Waals surface area contributed by atoms with Crippen molar-refractivity contribution in [3.63, 3.8) is 0 Å². The molecule has 0 saturated carbocycles. The first-order chi connectivity index (χ1) is 29.8. The van der Waals surface area contributed by atoms with Crippen molar-refractivity contribution in [2.24, 2.45) is 10.7 Å². The van der Waals surface area contributed by atoms with Gasteiger partial charge in [-0.3, -0.25) is 0 Å². The van der Waals surface area contributed by atoms with E-state index in [4.69, 9.17) is 10.7 Å². The van der Waals surface area contributed by atoms with Gasteiger partial charge < -0.3 is 40.4 Å². The molecule has 10 rings (SSSR count). The molecule has 0 unspecified atom stereocenters. The second kappa shape index (κ2) is 14.7. The molecule has 10 aromatic rings. The van der Waals surface area contributed by atoms with Gasteiger partial charge in [0.25, 0.3) is 0 Å². The van der Waals surface area contributed by atoms with Crippen molar-refractivity contribution in [2.45, 2.75) is 6.42 Å². The smallest absolute Gasteiger partial charge is 0.208 e. The Morgan fingerprint density at radius 3 is 1.64 bits per heavy atom. The first kappa shape index (κ1) is 36.9. The topological polar surface area (TPSA) is 149 Å². The molecule has 0 aliphatic rings. The summed E-state index contributed by atoms with van der Waals surface area (Å²) in [4.78, 5) is 4.86. The Labute approximate surface area is 349 Å². The summed E-state index contributed by atoms with van der Waals surface area (Å²) in [7, 11) is 0. The van der Waals surface area contributed by atoms with E-state index in [2.05, 4.69) is 83.4 Å². The summed E-state index contributed by atoms with van der Waals surface area (Å²) in [6, 6.07) is 56.6. The van der Waals surface area contributed by atoms with Gasteiger partial charge in [0.2, 0.25) is 17.2 Å². The summed E-state index contributed by atoms with van der Waals surface area (Å²) < 4.78 is 3.85. The van der Waals surface area contributed by atoms with Crippen LogP contribution < -0.4 is 5.73 Å². The second-order valence-corrected chi connectivity index (χ2v) is 14.9. The van der Waals surface area contributed by atoms with Crippen molar-refractivity contribution >= 4 is 55.1 Å². The van der Waals surface area contributed by atoms with Crippen LogP contribution >= 0.6 is 0 Å². The summed E-state index contributed by atoms with van der Waals surface area (Å²) in [6.07, 6.45) is 2.77. The van der Waals surface area contributed by atoms with Crippen molar-refractivity contribution in [3.05, 3.63) is 193 Å². The summed E-state index contributed by atoms with van der Waals surface area (Å²) in [5.74, 6) is -3.95. The molecule has 0 bridgehead atoms. The van der Waals surface area contributed by atoms with E-state index in [9.17, 15) is 25.5 Å². The zero-order valence-corrected chi connectivity index (χ0v) is 32.6. The molecular weight excluding hydrogens is 761 g/mol. The molecule has 61 heavy (non-hydrogen) atoms. The number of hydrogen-bond acceptors (Lipinski definition) is 6. The molecule has 0 radical (unpaired) electrons. The van der Waals surface area contributed by atoms with E-state index >= 15 is 0 Å². The van der Waals surface area contributed by atoms with Gasteiger partial charge in [-0.1, -0.05) is 133 Å². The molecule has 9 nitrogen and oxygen atoms in total. The second-order valence-electron chi connectivity index (χ2n) is 14.9. The minimum Gasteiger partial charge on any atom is -0.503 e. The molecule has 0 aliphatic heterocycles. The lowest BCUT2D eigenvalue weighted by molar-refractivity contribution is 0.327. The molecule has 8 aromatic carbocycles. The van der Waals surface area contributed by atoms with Crippen molar-refractivity contribution in [1.29, 1.82) is 0 Å². The van der Waals surface area contributed by atoms with Crippen LogP contribution in [-0.2, 0) is 6.42 Å². The standard InChI is InChI=1S/C52H38N4O5/c53-52(33-13-5-2-6-14-33)54-41(32-11-3-1-4-12-32)27-21-31-19-24-36(25-20-31)55-42-17-9-7-15-37(42)39-26-22-35(30-45(39)55)34-23-28-44-40(29-34)38-16-8-10-18-43(38)56(44)46-47(57)49(59)51(61)50(60)48(46)58/h1-20,22-30,57-61H,21H2,(H2,53,54)/b41-27-. The van der Waals surface area contributed by atoms with Gasteiger partial charge in [0.1, 0.15) is 11.5 Å². The number of phenolic OH excluding ortho intramolecular Hbond substituents is 5. The Morgan fingerprint density at radius 1 is 0.459 bits per heavy atom. The lowest BCUT2D eigenvalue weighted by atomic mass is 10.0. The molecule has 296 valence electrons. The zero-order chi connectivity index (χ0) is 41.8. The molecule has 0 spiro atoms. The number of phenols is 5. The molecule has 7 N–H and O–H groups in total. The van der Waals surface area contributed by atoms with E-state index in [0.29, 0.717) is 23.3 Å². The van der Waals surface area contributed by atoms with Crippen LogP contribution in [0.3, 0.4) is 0 Å². The molecule has 0 atom stereocenters. The number of aromatic nitrogens is 2. The maximum atomic E-state index is 10.9. The molecule has 9 heteroatoms. The van der Waals surface area contributed by atoms with Gasteiger partial charge in [-0.2, -0.15) is 0 Å². The van der Waals surface area contributed by atoms with Gasteiger partial charge in [-0.15, -0.1) is 0 Å². The number of allylic oxidation sites excluding steroid dienone is 1. The fourth-order valence-corrected chi connectivity index (χ4v) is 8.34. The molecule has 0 amide bonds. The highest BCUT2D eigenvalue weighted by Crippen LogP contribution is 2.54. The Morgan fingerprint density at radius 2 is 0.967 bits per heavy atom. The van der Waals surface area contributed by atoms with Crippen molar-refractivity contribution < 1.29 is 25.5 Å². The molecule has 0 fully saturated rings. The number of benzene rings is 8. The number of hydrogen-bond donors (Lipinski definition) is 6. The molecule has 2 heterocycles. The minimum atomic E-state index is -1.01. The van der Waals surface area contributed by atoms with Crippen LogP contribution in [-0.4, -0.2) is 40.5 Å². The zero-order valence-electron chi connectivity index (χ0n) is 32.6. The van der Waals surface area contributed by atoms with E-state index in [1.165, 1.54) is 0 Å². The summed E-state index contributed by atoms with van der Waals surface area (Å²) in [5.41, 5.74) is 16.3. The van der Waals surface area contributed by atoms with Crippen molar-refractivity contribution in [1.82, 2.24) is 9.13 Å². The molecule has 0 saturated heterocycles. The van der Waals surface area contributed by atoms with E-state index in [1.54, 1.807) is 4.57 Å². The third-order valence-corrected chi connectivity index (χ3v) is 11.4. The highest BCUT2D eigenvalue weighted by molar-refractivity contribution is 6.13. The first-order valence-electron chi connectivity index (χ1n) is 19.8. The van der Waals surface area contributed by atoms with Crippen LogP contribution in [0.15, 0.2) is 181 Å². The van der Waals surface area contributed by atoms with Gasteiger partial charge in [0.05, 0.1) is 27.8 Å². The maximum absolute atomic E-state index is 10.9. The fourth-order valence-electron chi connectivity index (χ4n) is 8.34. The van der Waals surface area contributed by atoms with Gasteiger partial charge in [0, 0.05) is 32.8 Å². The molecular formula is C52H38N4O5. The average Bonchev–Trinajstić information content (AvgIpc) is 3.82. The predicted molar refractivity (Wildman–Crippen MR) is 244 cm³/mol. The number of nitrogens with two attached hydrogens (primary N) is 1. The van der Waals surface area contributed by atoms with E-state index in [0.717, 1.165) is 71.8 Å². The summed E-state index contributed by atoms with van der Waals surface area (Å²) in [6.45, 7) is 0. The first-order valence-corrected chi connectivity index (χ1v) is 19.8. The number of aliphatic imine (C=N–C) groups is 1. The lowest BCUT2D eigenvalue weighted by Gasteiger charge is -2.15. The van der Waals surface area contributed by atoms with E-state index in [1.807, 2.05) is 97.1 Å². The van der Waals surface area contributed by atoms with Gasteiger partial charge in [-0.25, -0.2) is 4.99 Å². The van der Waals surface area contributed by atoms with Gasteiger partial charge in [0.15, 0.2) is 11.5 Å². The highest BCUT2D eigenvalue weighted by atomic mass is 16.4. The number of rotatable bonds is 8. The van der Waals surface area contributed by atoms with Crippen LogP contribution in [0, 0.1) is 0 Å². The number of aromatic hydroxyl groups is 5.